The van der Waals surface area contributed by atoms with Crippen molar-refractivity contribution in [3.8, 4) is 17.2 Å². The van der Waals surface area contributed by atoms with Gasteiger partial charge in [-0.15, -0.1) is 0 Å². The summed E-state index contributed by atoms with van der Waals surface area (Å²) in [5.41, 5.74) is 0.869. The molecule has 0 saturated heterocycles. The minimum Gasteiger partial charge on any atom is -0.493 e. The first-order valence-electron chi connectivity index (χ1n) is 12.2. The van der Waals surface area contributed by atoms with Gasteiger partial charge in [-0.1, -0.05) is 49.1 Å². The molecule has 2 aromatic carbocycles. The molecule has 8 nitrogen and oxygen atoms in total. The lowest BCUT2D eigenvalue weighted by molar-refractivity contribution is -0.114. The number of hydrogen-bond acceptors (Lipinski definition) is 7. The van der Waals surface area contributed by atoms with E-state index in [0.29, 0.717) is 45.5 Å². The molecule has 2 heterocycles. The monoisotopic (exact) mass is 538 g/mol. The summed E-state index contributed by atoms with van der Waals surface area (Å²) in [4.78, 5) is 17.0. The van der Waals surface area contributed by atoms with Gasteiger partial charge in [-0.05, 0) is 60.5 Å². The Kier molecular flexibility index (Phi) is 7.81. The second kappa shape index (κ2) is 11.4. The van der Waals surface area contributed by atoms with E-state index >= 15 is 0 Å². The van der Waals surface area contributed by atoms with Crippen molar-refractivity contribution >= 4 is 51.4 Å². The summed E-state index contributed by atoms with van der Waals surface area (Å²) in [6, 6.07) is 12.6. The summed E-state index contributed by atoms with van der Waals surface area (Å²) in [5, 5.41) is 16.8. The highest BCUT2D eigenvalue weighted by Crippen LogP contribution is 2.36. The van der Waals surface area contributed by atoms with E-state index in [4.69, 9.17) is 31.2 Å². The van der Waals surface area contributed by atoms with Crippen molar-refractivity contribution in [1.82, 2.24) is 5.01 Å². The number of benzene rings is 2. The smallest absolute Gasteiger partial charge is 0.283 e. The van der Waals surface area contributed by atoms with E-state index in [9.17, 15) is 4.79 Å². The fraction of sp³-hybridized carbons (Fsp3) is 0.333. The minimum absolute atomic E-state index is 0.0318. The fourth-order valence-electron chi connectivity index (χ4n) is 4.45. The van der Waals surface area contributed by atoms with Gasteiger partial charge in [-0.3, -0.25) is 10.2 Å². The van der Waals surface area contributed by atoms with E-state index in [1.807, 2.05) is 12.1 Å². The van der Waals surface area contributed by atoms with Gasteiger partial charge < -0.3 is 14.2 Å². The number of nitrogens with zero attached hydrogens (tertiary/aromatic N) is 3. The van der Waals surface area contributed by atoms with E-state index in [1.165, 1.54) is 36.0 Å². The van der Waals surface area contributed by atoms with Crippen LogP contribution < -0.4 is 14.2 Å². The molecule has 1 aliphatic carbocycles. The molecule has 2 aromatic rings. The Morgan fingerprint density at radius 1 is 1.08 bits per heavy atom. The van der Waals surface area contributed by atoms with Crippen molar-refractivity contribution in [2.45, 2.75) is 32.1 Å². The van der Waals surface area contributed by atoms with Crippen LogP contribution in [0.2, 0.25) is 5.02 Å². The lowest BCUT2D eigenvalue weighted by atomic mass is 9.90. The molecule has 10 heteroatoms. The zero-order chi connectivity index (χ0) is 25.8. The molecule has 37 heavy (non-hydrogen) atoms. The number of amides is 1. The first-order valence-corrected chi connectivity index (χ1v) is 13.4. The molecular formula is C27H27ClN4O4S. The zero-order valence-electron chi connectivity index (χ0n) is 20.4. The van der Waals surface area contributed by atoms with Crippen molar-refractivity contribution in [1.29, 1.82) is 5.41 Å². The summed E-state index contributed by atoms with van der Waals surface area (Å²) < 4.78 is 17.0. The van der Waals surface area contributed by atoms with Crippen LogP contribution in [-0.4, -0.2) is 47.3 Å². The number of ether oxygens (including phenoxy) is 3. The first-order chi connectivity index (χ1) is 18.0. The molecule has 0 radical (unpaired) electrons. The zero-order valence-corrected chi connectivity index (χ0v) is 22.0. The van der Waals surface area contributed by atoms with Gasteiger partial charge in [0.1, 0.15) is 24.0 Å². The normalized spacial score (nSPS) is 19.0. The number of hydrazone groups is 1. The minimum atomic E-state index is -0.445. The Labute approximate surface area is 224 Å². The summed E-state index contributed by atoms with van der Waals surface area (Å²) >= 11 is 7.53. The number of thioether (sulfide) groups is 1. The highest BCUT2D eigenvalue weighted by molar-refractivity contribution is 8.27. The van der Waals surface area contributed by atoms with Crippen molar-refractivity contribution in [3.05, 3.63) is 58.6 Å². The number of hydrogen-bond donors (Lipinski definition) is 1. The molecule has 0 bridgehead atoms. The number of fused-ring (bicyclic) bond motifs is 1. The molecule has 3 aliphatic rings. The predicted molar refractivity (Wildman–Crippen MR) is 147 cm³/mol. The fourth-order valence-corrected chi connectivity index (χ4v) is 5.70. The number of halogens is 1. The second-order valence-corrected chi connectivity index (χ2v) is 10.2. The molecule has 1 saturated carbocycles. The number of para-hydroxylation sites is 1. The number of carbonyl (C=O) groups is 1. The van der Waals surface area contributed by atoms with Crippen LogP contribution in [0.3, 0.4) is 0 Å². The highest BCUT2D eigenvalue weighted by Gasteiger charge is 2.38. The Hall–Kier alpha value is -3.30. The van der Waals surface area contributed by atoms with Crippen LogP contribution in [0.25, 0.3) is 6.08 Å². The molecular weight excluding hydrogens is 512 g/mol. The molecule has 2 aliphatic heterocycles. The Balaban J connectivity index is 1.26. The predicted octanol–water partition coefficient (Wildman–Crippen LogP) is 6.01. The average Bonchev–Trinajstić information content (AvgIpc) is 3.35. The van der Waals surface area contributed by atoms with Crippen molar-refractivity contribution in [2.24, 2.45) is 16.0 Å². The maximum Gasteiger partial charge on any atom is 0.283 e. The van der Waals surface area contributed by atoms with E-state index in [1.54, 1.807) is 43.5 Å². The van der Waals surface area contributed by atoms with E-state index < -0.39 is 5.91 Å². The molecule has 0 atom stereocenters. The highest BCUT2D eigenvalue weighted by atomic mass is 35.5. The first kappa shape index (κ1) is 25.4. The molecule has 1 fully saturated rings. The molecule has 0 aromatic heterocycles. The summed E-state index contributed by atoms with van der Waals surface area (Å²) in [7, 11) is 1.55. The maximum absolute atomic E-state index is 12.8. The summed E-state index contributed by atoms with van der Waals surface area (Å²) in [6.07, 6.45) is 7.46. The number of amidine groups is 2. The van der Waals surface area contributed by atoms with Gasteiger partial charge in [0.2, 0.25) is 5.17 Å². The van der Waals surface area contributed by atoms with Gasteiger partial charge in [0.25, 0.3) is 5.91 Å². The lowest BCUT2D eigenvalue weighted by Gasteiger charge is -2.20. The summed E-state index contributed by atoms with van der Waals surface area (Å²) in [6.45, 7) is 0.596. The SMILES string of the molecule is COc1cc(/C=C2/C(=N)N3N=C(C4CCCCC4)SC3=NC2=O)ccc1OCCOc1ccccc1Cl. The molecule has 0 unspecified atom stereocenters. The summed E-state index contributed by atoms with van der Waals surface area (Å²) in [5.74, 6) is 1.60. The van der Waals surface area contributed by atoms with Gasteiger partial charge in [0.05, 0.1) is 17.7 Å². The lowest BCUT2D eigenvalue weighted by Crippen LogP contribution is -2.35. The van der Waals surface area contributed by atoms with E-state index in [2.05, 4.69) is 10.1 Å². The Bertz CT molecular complexity index is 1300. The van der Waals surface area contributed by atoms with Crippen LogP contribution in [0, 0.1) is 11.3 Å². The van der Waals surface area contributed by atoms with Crippen molar-refractivity contribution in [2.75, 3.05) is 20.3 Å². The van der Waals surface area contributed by atoms with Gasteiger partial charge in [-0.2, -0.15) is 15.1 Å². The van der Waals surface area contributed by atoms with Crippen LogP contribution >= 0.6 is 23.4 Å². The van der Waals surface area contributed by atoms with Crippen molar-refractivity contribution in [3.63, 3.8) is 0 Å². The Morgan fingerprint density at radius 2 is 1.84 bits per heavy atom. The van der Waals surface area contributed by atoms with Gasteiger partial charge >= 0.3 is 0 Å². The molecule has 5 rings (SSSR count). The van der Waals surface area contributed by atoms with Crippen LogP contribution in [0.15, 0.2) is 58.1 Å². The largest absolute Gasteiger partial charge is 0.493 e. The van der Waals surface area contributed by atoms with Crippen LogP contribution in [0.4, 0.5) is 0 Å². The number of carbonyl (C=O) groups excluding carboxylic acids is 1. The quantitative estimate of drug-likeness (QED) is 0.327. The molecule has 1 N–H and O–H groups in total. The average molecular weight is 539 g/mol. The second-order valence-electron chi connectivity index (χ2n) is 8.83. The maximum atomic E-state index is 12.8. The number of methoxy groups -OCH3 is 1. The van der Waals surface area contributed by atoms with E-state index in [-0.39, 0.29) is 18.0 Å². The van der Waals surface area contributed by atoms with Gasteiger partial charge in [-0.25, -0.2) is 0 Å². The van der Waals surface area contributed by atoms with Crippen LogP contribution in [0.5, 0.6) is 17.2 Å². The van der Waals surface area contributed by atoms with Gasteiger partial charge in [0.15, 0.2) is 17.3 Å². The third-order valence-corrected chi connectivity index (χ3v) is 7.74. The third-order valence-electron chi connectivity index (χ3n) is 6.36. The van der Waals surface area contributed by atoms with Gasteiger partial charge in [0, 0.05) is 5.92 Å². The molecule has 192 valence electrons. The number of aliphatic imine (C=N–C) groups is 1. The standard InChI is InChI=1S/C27H27ClN4O4S/c1-34-23-16-17(11-12-22(23)36-14-13-35-21-10-6-5-9-20(21)28)15-19-24(29)32-27(30-25(19)33)37-26(31-32)18-7-3-2-4-8-18/h5-6,9-12,15-16,18,29H,2-4,7-8,13-14H2,1H3/b19-15-,29-24?. The van der Waals surface area contributed by atoms with Crippen LogP contribution in [-0.2, 0) is 4.79 Å². The van der Waals surface area contributed by atoms with Crippen molar-refractivity contribution < 1.29 is 19.0 Å². The topological polar surface area (TPSA) is 96.6 Å². The Morgan fingerprint density at radius 3 is 2.59 bits per heavy atom. The number of nitrogens with one attached hydrogen (secondary N) is 1. The molecule has 1 amide bonds. The van der Waals surface area contributed by atoms with Crippen LogP contribution in [0.1, 0.15) is 37.7 Å². The van der Waals surface area contributed by atoms with E-state index in [0.717, 1.165) is 17.9 Å². The molecule has 0 spiro atoms. The third kappa shape index (κ3) is 5.67. The number of rotatable bonds is 8.